The number of nitrogens with one attached hydrogen (secondary N) is 1. The van der Waals surface area contributed by atoms with Gasteiger partial charge in [0.25, 0.3) is 0 Å². The highest BCUT2D eigenvalue weighted by Crippen LogP contribution is 2.13. The zero-order chi connectivity index (χ0) is 16.2. The summed E-state index contributed by atoms with van der Waals surface area (Å²) in [6, 6.07) is 8.46. The molecule has 3 rings (SSSR count). The van der Waals surface area contributed by atoms with Crippen LogP contribution in [0.5, 0.6) is 0 Å². The van der Waals surface area contributed by atoms with Crippen LogP contribution in [0.25, 0.3) is 0 Å². The van der Waals surface area contributed by atoms with Crippen LogP contribution in [0.1, 0.15) is 18.1 Å². The van der Waals surface area contributed by atoms with Gasteiger partial charge in [-0.2, -0.15) is 0 Å². The van der Waals surface area contributed by atoms with Gasteiger partial charge in [0.05, 0.1) is 12.7 Å². The summed E-state index contributed by atoms with van der Waals surface area (Å²) in [7, 11) is 0. The number of nitrogens with zero attached hydrogens (tertiary/aromatic N) is 2. The van der Waals surface area contributed by atoms with Gasteiger partial charge in [-0.3, -0.25) is 9.69 Å². The number of piperazine rings is 1. The quantitative estimate of drug-likeness (QED) is 0.856. The van der Waals surface area contributed by atoms with Gasteiger partial charge < -0.3 is 15.0 Å². The Balaban J connectivity index is 0.00000156. The van der Waals surface area contributed by atoms with E-state index in [4.69, 9.17) is 4.74 Å². The van der Waals surface area contributed by atoms with Crippen LogP contribution >= 0.6 is 24.8 Å². The van der Waals surface area contributed by atoms with E-state index >= 15 is 0 Å². The predicted molar refractivity (Wildman–Crippen MR) is 105 cm³/mol. The largest absolute Gasteiger partial charge is 0.375 e. The van der Waals surface area contributed by atoms with Crippen LogP contribution in [0.4, 0.5) is 0 Å². The third-order valence-corrected chi connectivity index (χ3v) is 4.76. The highest BCUT2D eigenvalue weighted by Gasteiger charge is 2.33. The number of benzene rings is 1. The molecule has 1 amide bonds. The third-order valence-electron chi connectivity index (χ3n) is 4.76. The molecule has 2 aliphatic heterocycles. The van der Waals surface area contributed by atoms with Crippen molar-refractivity contribution in [2.45, 2.75) is 32.5 Å². The van der Waals surface area contributed by atoms with Gasteiger partial charge in [-0.05, 0) is 19.4 Å². The molecule has 2 saturated heterocycles. The Labute approximate surface area is 162 Å². The summed E-state index contributed by atoms with van der Waals surface area (Å²) in [4.78, 5) is 17.0. The lowest BCUT2D eigenvalue weighted by atomic mass is 10.1. The van der Waals surface area contributed by atoms with Crippen molar-refractivity contribution in [1.29, 1.82) is 0 Å². The molecule has 2 fully saturated rings. The van der Waals surface area contributed by atoms with Crippen molar-refractivity contribution in [2.75, 3.05) is 39.3 Å². The SMILES string of the molecule is Cc1cccc(CN2CCN(C(=O)[C@H]3NCCO[C@@H]3C)CC2)c1.Cl.Cl. The lowest BCUT2D eigenvalue weighted by molar-refractivity contribution is -0.141. The number of ether oxygens (including phenoxy) is 1. The van der Waals surface area contributed by atoms with Crippen molar-refractivity contribution in [3.8, 4) is 0 Å². The maximum atomic E-state index is 12.6. The number of hydrogen-bond donors (Lipinski definition) is 1. The van der Waals surface area contributed by atoms with Crippen LogP contribution in [-0.4, -0.2) is 67.2 Å². The lowest BCUT2D eigenvalue weighted by Gasteiger charge is -2.38. The summed E-state index contributed by atoms with van der Waals surface area (Å²) < 4.78 is 5.59. The van der Waals surface area contributed by atoms with Crippen LogP contribution in [-0.2, 0) is 16.1 Å². The van der Waals surface area contributed by atoms with Crippen molar-refractivity contribution >= 4 is 30.7 Å². The molecule has 2 heterocycles. The molecular weight excluding hydrogens is 361 g/mol. The first-order chi connectivity index (χ1) is 11.1. The highest BCUT2D eigenvalue weighted by atomic mass is 35.5. The van der Waals surface area contributed by atoms with E-state index in [1.165, 1.54) is 11.1 Å². The number of carbonyl (C=O) groups is 1. The van der Waals surface area contributed by atoms with Crippen LogP contribution < -0.4 is 5.32 Å². The number of rotatable bonds is 3. The zero-order valence-electron chi connectivity index (χ0n) is 14.9. The lowest BCUT2D eigenvalue weighted by Crippen LogP contribution is -2.59. The Bertz CT molecular complexity index is 551. The van der Waals surface area contributed by atoms with Crippen molar-refractivity contribution in [3.63, 3.8) is 0 Å². The Hall–Kier alpha value is -0.850. The topological polar surface area (TPSA) is 44.8 Å². The van der Waals surface area contributed by atoms with E-state index in [9.17, 15) is 4.79 Å². The fraction of sp³-hybridized carbons (Fsp3) is 0.611. The Morgan fingerprint density at radius 2 is 1.96 bits per heavy atom. The molecule has 0 unspecified atom stereocenters. The highest BCUT2D eigenvalue weighted by molar-refractivity contribution is 5.85. The summed E-state index contributed by atoms with van der Waals surface area (Å²) in [6.45, 7) is 9.98. The normalized spacial score (nSPS) is 24.2. The van der Waals surface area contributed by atoms with Gasteiger partial charge in [0.2, 0.25) is 5.91 Å². The number of morpholine rings is 1. The van der Waals surface area contributed by atoms with E-state index in [0.29, 0.717) is 6.61 Å². The smallest absolute Gasteiger partial charge is 0.242 e. The number of halogens is 2. The fourth-order valence-corrected chi connectivity index (χ4v) is 3.40. The number of hydrogen-bond acceptors (Lipinski definition) is 4. The molecule has 1 aromatic rings. The molecule has 0 aliphatic carbocycles. The average molecular weight is 390 g/mol. The van der Waals surface area contributed by atoms with Crippen molar-refractivity contribution in [2.24, 2.45) is 0 Å². The monoisotopic (exact) mass is 389 g/mol. The summed E-state index contributed by atoms with van der Waals surface area (Å²) >= 11 is 0. The van der Waals surface area contributed by atoms with Crippen LogP contribution in [0.15, 0.2) is 24.3 Å². The fourth-order valence-electron chi connectivity index (χ4n) is 3.40. The van der Waals surface area contributed by atoms with E-state index in [-0.39, 0.29) is 42.9 Å². The van der Waals surface area contributed by atoms with Gasteiger partial charge in [0.1, 0.15) is 6.04 Å². The van der Waals surface area contributed by atoms with Gasteiger partial charge >= 0.3 is 0 Å². The summed E-state index contributed by atoms with van der Waals surface area (Å²) in [6.07, 6.45) is -0.0402. The molecule has 0 spiro atoms. The summed E-state index contributed by atoms with van der Waals surface area (Å²) in [5, 5.41) is 3.29. The maximum absolute atomic E-state index is 12.6. The van der Waals surface area contributed by atoms with E-state index in [0.717, 1.165) is 39.3 Å². The predicted octanol–water partition coefficient (Wildman–Crippen LogP) is 1.86. The van der Waals surface area contributed by atoms with Crippen LogP contribution in [0, 0.1) is 6.92 Å². The molecule has 142 valence electrons. The summed E-state index contributed by atoms with van der Waals surface area (Å²) in [5.74, 6) is 0.187. The van der Waals surface area contributed by atoms with E-state index < -0.39 is 0 Å². The molecule has 2 atom stereocenters. The number of carbonyl (C=O) groups excluding carboxylic acids is 1. The molecule has 2 aliphatic rings. The molecule has 0 radical (unpaired) electrons. The van der Waals surface area contributed by atoms with Crippen molar-refractivity contribution < 1.29 is 9.53 Å². The zero-order valence-corrected chi connectivity index (χ0v) is 16.6. The van der Waals surface area contributed by atoms with Crippen molar-refractivity contribution in [1.82, 2.24) is 15.1 Å². The molecule has 7 heteroatoms. The average Bonchev–Trinajstić information content (AvgIpc) is 2.55. The van der Waals surface area contributed by atoms with Gasteiger partial charge in [0, 0.05) is 39.3 Å². The third kappa shape index (κ3) is 5.83. The molecular formula is C18H29Cl2N3O2. The molecule has 5 nitrogen and oxygen atoms in total. The minimum absolute atomic E-state index is 0. The minimum atomic E-state index is -0.188. The first kappa shape index (κ1) is 22.2. The van der Waals surface area contributed by atoms with E-state index in [1.807, 2.05) is 11.8 Å². The standard InChI is InChI=1S/C18H27N3O2.2ClH/c1-14-4-3-5-16(12-14)13-20-7-9-21(10-8-20)18(22)17-15(2)23-11-6-19-17;;/h3-5,12,15,17,19H,6-11,13H2,1-2H3;2*1H/t15-,17+;;/m1../s1. The van der Waals surface area contributed by atoms with Crippen LogP contribution in [0.2, 0.25) is 0 Å². The number of aryl methyl sites for hydroxylation is 1. The number of amides is 1. The molecule has 0 saturated carbocycles. The van der Waals surface area contributed by atoms with E-state index in [1.54, 1.807) is 0 Å². The molecule has 25 heavy (non-hydrogen) atoms. The summed E-state index contributed by atoms with van der Waals surface area (Å²) in [5.41, 5.74) is 2.65. The Morgan fingerprint density at radius 1 is 1.24 bits per heavy atom. The maximum Gasteiger partial charge on any atom is 0.242 e. The molecule has 0 bridgehead atoms. The molecule has 0 aromatic heterocycles. The van der Waals surface area contributed by atoms with Crippen molar-refractivity contribution in [3.05, 3.63) is 35.4 Å². The van der Waals surface area contributed by atoms with Gasteiger partial charge in [-0.15, -0.1) is 24.8 Å². The molecule has 1 aromatic carbocycles. The van der Waals surface area contributed by atoms with Gasteiger partial charge in [-0.25, -0.2) is 0 Å². The Morgan fingerprint density at radius 3 is 2.60 bits per heavy atom. The first-order valence-electron chi connectivity index (χ1n) is 8.55. The van der Waals surface area contributed by atoms with Gasteiger partial charge in [-0.1, -0.05) is 29.8 Å². The van der Waals surface area contributed by atoms with Gasteiger partial charge in [0.15, 0.2) is 0 Å². The van der Waals surface area contributed by atoms with E-state index in [2.05, 4.69) is 41.4 Å². The second-order valence-corrected chi connectivity index (χ2v) is 6.60. The first-order valence-corrected chi connectivity index (χ1v) is 8.55. The molecule has 1 N–H and O–H groups in total. The van der Waals surface area contributed by atoms with Crippen LogP contribution in [0.3, 0.4) is 0 Å². The Kier molecular flexibility index (Phi) is 9.17. The second-order valence-electron chi connectivity index (χ2n) is 6.60. The second kappa shape index (κ2) is 10.3. The minimum Gasteiger partial charge on any atom is -0.375 e.